The van der Waals surface area contributed by atoms with Crippen LogP contribution in [0.1, 0.15) is 11.5 Å². The first kappa shape index (κ1) is 7.28. The van der Waals surface area contributed by atoms with Gasteiger partial charge >= 0.3 is 0 Å². The molecule has 0 saturated heterocycles. The van der Waals surface area contributed by atoms with Crippen LogP contribution in [0.4, 0.5) is 0 Å². The number of imidazole rings is 1. The SMILES string of the molecule is Cc1nc(CC[O])cn1C. The molecule has 0 fully saturated rings. The molecule has 10 heavy (non-hydrogen) atoms. The van der Waals surface area contributed by atoms with Gasteiger partial charge in [0.05, 0.1) is 12.3 Å². The van der Waals surface area contributed by atoms with Gasteiger partial charge in [0, 0.05) is 19.7 Å². The number of hydrogen-bond acceptors (Lipinski definition) is 1. The molecule has 0 spiro atoms. The van der Waals surface area contributed by atoms with E-state index in [1.807, 2.05) is 24.7 Å². The number of rotatable bonds is 2. The van der Waals surface area contributed by atoms with E-state index in [1.165, 1.54) is 0 Å². The molecule has 0 unspecified atom stereocenters. The maximum absolute atomic E-state index is 10.2. The summed E-state index contributed by atoms with van der Waals surface area (Å²) in [7, 11) is 1.93. The van der Waals surface area contributed by atoms with Gasteiger partial charge in [0.25, 0.3) is 0 Å². The molecule has 0 N–H and O–H groups in total. The van der Waals surface area contributed by atoms with Crippen molar-refractivity contribution < 1.29 is 5.11 Å². The Kier molecular flexibility index (Phi) is 2.06. The molecule has 3 heteroatoms. The van der Waals surface area contributed by atoms with Crippen LogP contribution in [0.3, 0.4) is 0 Å². The lowest BCUT2D eigenvalue weighted by Crippen LogP contribution is -1.88. The van der Waals surface area contributed by atoms with Gasteiger partial charge in [0.2, 0.25) is 0 Å². The standard InChI is InChI=1S/C7H11N2O/c1-6-8-7(3-4-10)5-9(6)2/h5H,3-4H2,1-2H3. The average molecular weight is 139 g/mol. The Labute approximate surface area is 60.3 Å². The van der Waals surface area contributed by atoms with Crippen molar-refractivity contribution in [3.63, 3.8) is 0 Å². The molecule has 55 valence electrons. The molecule has 1 aromatic heterocycles. The highest BCUT2D eigenvalue weighted by Crippen LogP contribution is 1.99. The van der Waals surface area contributed by atoms with Crippen LogP contribution in [0, 0.1) is 6.92 Å². The zero-order valence-electron chi connectivity index (χ0n) is 6.29. The monoisotopic (exact) mass is 139 g/mol. The molecule has 0 amide bonds. The van der Waals surface area contributed by atoms with Gasteiger partial charge in [-0.25, -0.2) is 10.1 Å². The highest BCUT2D eigenvalue weighted by atomic mass is 16.3. The van der Waals surface area contributed by atoms with Crippen LogP contribution in [0.5, 0.6) is 0 Å². The van der Waals surface area contributed by atoms with Crippen molar-refractivity contribution in [2.24, 2.45) is 7.05 Å². The molecule has 1 rings (SSSR count). The minimum absolute atomic E-state index is 0.0730. The van der Waals surface area contributed by atoms with Crippen LogP contribution in [0.25, 0.3) is 0 Å². The second-order valence-corrected chi connectivity index (χ2v) is 2.34. The second-order valence-electron chi connectivity index (χ2n) is 2.34. The number of aromatic nitrogens is 2. The molecule has 0 bridgehead atoms. The van der Waals surface area contributed by atoms with Crippen LogP contribution < -0.4 is 0 Å². The van der Waals surface area contributed by atoms with E-state index in [-0.39, 0.29) is 6.61 Å². The first-order chi connectivity index (χ1) is 4.74. The van der Waals surface area contributed by atoms with E-state index < -0.39 is 0 Å². The quantitative estimate of drug-likeness (QED) is 0.594. The summed E-state index contributed by atoms with van der Waals surface area (Å²) in [6.45, 7) is 1.85. The Morgan fingerprint density at radius 1 is 1.70 bits per heavy atom. The molecule has 0 atom stereocenters. The molecule has 1 radical (unpaired) electrons. The maximum atomic E-state index is 10.2. The summed E-state index contributed by atoms with van der Waals surface area (Å²) in [5.41, 5.74) is 0.898. The van der Waals surface area contributed by atoms with Gasteiger partial charge < -0.3 is 4.57 Å². The Morgan fingerprint density at radius 2 is 2.40 bits per heavy atom. The normalized spacial score (nSPS) is 10.3. The van der Waals surface area contributed by atoms with Crippen LogP contribution in [-0.2, 0) is 18.6 Å². The number of nitrogens with zero attached hydrogens (tertiary/aromatic N) is 2. The molecule has 1 heterocycles. The van der Waals surface area contributed by atoms with Crippen LogP contribution in [0.15, 0.2) is 6.20 Å². The second kappa shape index (κ2) is 2.84. The van der Waals surface area contributed by atoms with Gasteiger partial charge in [0.1, 0.15) is 5.82 Å². The summed E-state index contributed by atoms with van der Waals surface area (Å²) >= 11 is 0. The molecular formula is C7H11N2O. The first-order valence-corrected chi connectivity index (χ1v) is 3.31. The number of aryl methyl sites for hydroxylation is 2. The summed E-state index contributed by atoms with van der Waals surface area (Å²) in [5.74, 6) is 0.962. The highest BCUT2D eigenvalue weighted by molar-refractivity contribution is 5.02. The van der Waals surface area contributed by atoms with E-state index in [0.29, 0.717) is 6.42 Å². The van der Waals surface area contributed by atoms with Crippen LogP contribution in [-0.4, -0.2) is 16.2 Å². The van der Waals surface area contributed by atoms with Crippen molar-refractivity contribution in [2.45, 2.75) is 13.3 Å². The van der Waals surface area contributed by atoms with Crippen molar-refractivity contribution in [1.29, 1.82) is 0 Å². The minimum atomic E-state index is -0.0730. The third kappa shape index (κ3) is 1.36. The predicted octanol–water partition coefficient (Wildman–Crippen LogP) is 0.702. The molecule has 0 aromatic carbocycles. The van der Waals surface area contributed by atoms with E-state index in [4.69, 9.17) is 0 Å². The highest BCUT2D eigenvalue weighted by Gasteiger charge is 1.98. The Bertz CT molecular complexity index is 198. The lowest BCUT2D eigenvalue weighted by molar-refractivity contribution is 0.196. The number of hydrogen-bond donors (Lipinski definition) is 0. The Hall–Kier alpha value is -0.830. The summed E-state index contributed by atoms with van der Waals surface area (Å²) in [5, 5.41) is 10.2. The van der Waals surface area contributed by atoms with Gasteiger partial charge in [-0.1, -0.05) is 0 Å². The van der Waals surface area contributed by atoms with Gasteiger partial charge in [-0.05, 0) is 6.92 Å². The summed E-state index contributed by atoms with van der Waals surface area (Å²) in [4.78, 5) is 4.16. The van der Waals surface area contributed by atoms with Gasteiger partial charge in [0.15, 0.2) is 0 Å². The Morgan fingerprint density at radius 3 is 2.80 bits per heavy atom. The zero-order valence-corrected chi connectivity index (χ0v) is 6.29. The van der Waals surface area contributed by atoms with Crippen molar-refractivity contribution in [2.75, 3.05) is 6.61 Å². The van der Waals surface area contributed by atoms with Crippen LogP contribution >= 0.6 is 0 Å². The van der Waals surface area contributed by atoms with E-state index in [9.17, 15) is 5.11 Å². The summed E-state index contributed by atoms with van der Waals surface area (Å²) in [6, 6.07) is 0. The molecular weight excluding hydrogens is 128 g/mol. The molecule has 1 aromatic rings. The molecule has 0 aliphatic heterocycles. The first-order valence-electron chi connectivity index (χ1n) is 3.31. The molecule has 3 nitrogen and oxygen atoms in total. The van der Waals surface area contributed by atoms with Gasteiger partial charge in [-0.3, -0.25) is 0 Å². The molecule has 0 aliphatic carbocycles. The summed E-state index contributed by atoms with van der Waals surface area (Å²) < 4.78 is 1.92. The van der Waals surface area contributed by atoms with Crippen molar-refractivity contribution in [1.82, 2.24) is 9.55 Å². The third-order valence-corrected chi connectivity index (χ3v) is 1.52. The maximum Gasteiger partial charge on any atom is 0.105 e. The van der Waals surface area contributed by atoms with Crippen molar-refractivity contribution in [3.05, 3.63) is 17.7 Å². The van der Waals surface area contributed by atoms with Crippen LogP contribution in [0.2, 0.25) is 0 Å². The minimum Gasteiger partial charge on any atom is -0.338 e. The fraction of sp³-hybridized carbons (Fsp3) is 0.571. The lowest BCUT2D eigenvalue weighted by Gasteiger charge is -1.87. The molecule has 0 aliphatic rings. The van der Waals surface area contributed by atoms with Crippen molar-refractivity contribution >= 4 is 0 Å². The van der Waals surface area contributed by atoms with E-state index in [1.54, 1.807) is 0 Å². The fourth-order valence-electron chi connectivity index (χ4n) is 0.858. The third-order valence-electron chi connectivity index (χ3n) is 1.52. The predicted molar refractivity (Wildman–Crippen MR) is 37.2 cm³/mol. The van der Waals surface area contributed by atoms with E-state index in [0.717, 1.165) is 11.5 Å². The average Bonchev–Trinajstić information content (AvgIpc) is 2.14. The lowest BCUT2D eigenvalue weighted by atomic mass is 10.4. The smallest absolute Gasteiger partial charge is 0.105 e. The topological polar surface area (TPSA) is 37.7 Å². The van der Waals surface area contributed by atoms with Gasteiger partial charge in [-0.2, -0.15) is 0 Å². The summed E-state index contributed by atoms with van der Waals surface area (Å²) in [6.07, 6.45) is 2.44. The molecule has 0 saturated carbocycles. The largest absolute Gasteiger partial charge is 0.338 e. The Balaban J connectivity index is 2.77. The van der Waals surface area contributed by atoms with Gasteiger partial charge in [-0.15, -0.1) is 0 Å². The van der Waals surface area contributed by atoms with E-state index >= 15 is 0 Å². The fourth-order valence-corrected chi connectivity index (χ4v) is 0.858. The zero-order chi connectivity index (χ0) is 7.56. The van der Waals surface area contributed by atoms with Crippen molar-refractivity contribution in [3.8, 4) is 0 Å². The van der Waals surface area contributed by atoms with E-state index in [2.05, 4.69) is 4.98 Å².